The van der Waals surface area contributed by atoms with Gasteiger partial charge in [-0.3, -0.25) is 9.59 Å². The zero-order valence-electron chi connectivity index (χ0n) is 25.4. The molecule has 268 valence electrons. The molecule has 0 spiro atoms. The molecule has 1 amide bonds. The molecular formula is C27H47NO18. The van der Waals surface area contributed by atoms with Crippen LogP contribution in [0.5, 0.6) is 0 Å². The largest absolute Gasteiger partial charge is 0.394 e. The number of aliphatic hydroxyl groups is 10. The molecule has 3 aliphatic heterocycles. The van der Waals surface area contributed by atoms with Crippen LogP contribution in [0.2, 0.25) is 0 Å². The van der Waals surface area contributed by atoms with Gasteiger partial charge in [0.1, 0.15) is 79.0 Å². The summed E-state index contributed by atoms with van der Waals surface area (Å²) < 4.78 is 33.0. The molecule has 0 radical (unpaired) electrons. The number of hydrogen-bond acceptors (Lipinski definition) is 18. The Hall–Kier alpha value is -1.50. The molecule has 0 aliphatic carbocycles. The number of amides is 1. The van der Waals surface area contributed by atoms with Crippen LogP contribution < -0.4 is 5.32 Å². The zero-order valence-corrected chi connectivity index (χ0v) is 25.4. The maximum Gasteiger partial charge on any atom is 0.220 e. The van der Waals surface area contributed by atoms with E-state index in [2.05, 4.69) is 5.32 Å². The van der Waals surface area contributed by atoms with Crippen molar-refractivity contribution in [3.8, 4) is 0 Å². The Kier molecular flexibility index (Phi) is 15.0. The minimum atomic E-state index is -1.89. The van der Waals surface area contributed by atoms with Gasteiger partial charge in [0.15, 0.2) is 18.9 Å². The maximum absolute atomic E-state index is 12.1. The second kappa shape index (κ2) is 17.8. The molecule has 0 aromatic rings. The third-order valence-corrected chi connectivity index (χ3v) is 8.26. The van der Waals surface area contributed by atoms with E-state index in [1.54, 1.807) is 6.92 Å². The lowest BCUT2D eigenvalue weighted by atomic mass is 9.96. The molecule has 0 unspecified atom stereocenters. The Bertz CT molecular complexity index is 958. The first kappa shape index (κ1) is 38.9. The van der Waals surface area contributed by atoms with Crippen LogP contribution in [0.15, 0.2) is 0 Å². The molecule has 0 saturated carbocycles. The monoisotopic (exact) mass is 673 g/mol. The van der Waals surface area contributed by atoms with Crippen LogP contribution in [0.3, 0.4) is 0 Å². The highest BCUT2D eigenvalue weighted by molar-refractivity contribution is 5.80. The molecule has 46 heavy (non-hydrogen) atoms. The Morgan fingerprint density at radius 2 is 1.22 bits per heavy atom. The molecule has 16 atom stereocenters. The molecule has 3 saturated heterocycles. The first-order valence-corrected chi connectivity index (χ1v) is 15.0. The average Bonchev–Trinajstić information content (AvgIpc) is 3.03. The van der Waals surface area contributed by atoms with Crippen LogP contribution in [0.25, 0.3) is 0 Å². The van der Waals surface area contributed by atoms with Crippen molar-refractivity contribution in [2.24, 2.45) is 5.92 Å². The standard InChI is InChI=1S/C27H47NO18/c1-10(11(2)31)3-4-15(32)28-5-6-41-26-23(40)24(46-27-22(39)20(37)17(34)13(8-30)44-27)18(35)14(45-26)9-42-25-21(38)19(36)16(33)12(7-29)43-25/h10,12-14,16-27,29-30,33-40H,3-9H2,1-2H3,(H,28,32)/t10-,12+,13+,14+,16+,17+,18+,19-,20-,21-,22-,23-,24-,25-,26-,27+/m0/s1. The van der Waals surface area contributed by atoms with E-state index in [-0.39, 0.29) is 37.2 Å². The quantitative estimate of drug-likeness (QED) is 0.0720. The SMILES string of the molecule is CC(=O)[C@@H](C)CCC(=O)NCCO[C@H]1O[C@H](CO[C@H]2O[C@H](CO)[C@@H](O)[C@H](O)[C@@H]2O)[C@@H](O)[C@H](O[C@H]2O[C@H](CO)[C@@H](O)[C@H](O)[C@@H]2O)[C@@H]1O. The van der Waals surface area contributed by atoms with Gasteiger partial charge in [-0.05, 0) is 13.3 Å². The summed E-state index contributed by atoms with van der Waals surface area (Å²) in [4.78, 5) is 23.5. The number of carbonyl (C=O) groups is 2. The molecule has 19 heteroatoms. The maximum atomic E-state index is 12.1. The number of Topliss-reactive ketones (excluding diaryl/α,β-unsaturated/α-hetero) is 1. The van der Waals surface area contributed by atoms with Gasteiger partial charge in [0, 0.05) is 18.9 Å². The van der Waals surface area contributed by atoms with Gasteiger partial charge in [0.05, 0.1) is 26.4 Å². The van der Waals surface area contributed by atoms with E-state index in [4.69, 9.17) is 28.4 Å². The topological polar surface area (TPSA) is 304 Å². The Balaban J connectivity index is 1.69. The van der Waals surface area contributed by atoms with Crippen molar-refractivity contribution < 1.29 is 89.1 Å². The summed E-state index contributed by atoms with van der Waals surface area (Å²) in [5.74, 6) is -0.693. The first-order valence-electron chi connectivity index (χ1n) is 15.0. The second-order valence-electron chi connectivity index (χ2n) is 11.6. The molecule has 3 fully saturated rings. The minimum absolute atomic E-state index is 0.0488. The predicted molar refractivity (Wildman–Crippen MR) is 147 cm³/mol. The third-order valence-electron chi connectivity index (χ3n) is 8.26. The van der Waals surface area contributed by atoms with E-state index >= 15 is 0 Å². The molecule has 0 aromatic carbocycles. The number of ether oxygens (including phenoxy) is 6. The third kappa shape index (κ3) is 9.56. The van der Waals surface area contributed by atoms with Gasteiger partial charge in [-0.2, -0.15) is 0 Å². The van der Waals surface area contributed by atoms with Gasteiger partial charge in [-0.25, -0.2) is 0 Å². The van der Waals surface area contributed by atoms with Gasteiger partial charge in [-0.15, -0.1) is 0 Å². The number of hydrogen-bond donors (Lipinski definition) is 11. The van der Waals surface area contributed by atoms with Gasteiger partial charge < -0.3 is 84.8 Å². The lowest BCUT2D eigenvalue weighted by Gasteiger charge is -2.46. The molecule has 19 nitrogen and oxygen atoms in total. The summed E-state index contributed by atoms with van der Waals surface area (Å²) in [7, 11) is 0. The highest BCUT2D eigenvalue weighted by Crippen LogP contribution is 2.31. The highest BCUT2D eigenvalue weighted by atomic mass is 16.7. The summed E-state index contributed by atoms with van der Waals surface area (Å²) >= 11 is 0. The number of nitrogens with one attached hydrogen (secondary N) is 1. The van der Waals surface area contributed by atoms with Crippen LogP contribution in [0.4, 0.5) is 0 Å². The number of ketones is 1. The van der Waals surface area contributed by atoms with E-state index in [0.29, 0.717) is 6.42 Å². The second-order valence-corrected chi connectivity index (χ2v) is 11.6. The van der Waals surface area contributed by atoms with Crippen LogP contribution >= 0.6 is 0 Å². The average molecular weight is 674 g/mol. The van der Waals surface area contributed by atoms with Crippen molar-refractivity contribution >= 4 is 11.7 Å². The van der Waals surface area contributed by atoms with Crippen molar-refractivity contribution in [1.29, 1.82) is 0 Å². The van der Waals surface area contributed by atoms with Crippen molar-refractivity contribution in [1.82, 2.24) is 5.32 Å². The Morgan fingerprint density at radius 1 is 0.696 bits per heavy atom. The van der Waals surface area contributed by atoms with Crippen LogP contribution in [-0.2, 0) is 38.0 Å². The fraction of sp³-hybridized carbons (Fsp3) is 0.926. The Morgan fingerprint density at radius 3 is 1.78 bits per heavy atom. The summed E-state index contributed by atoms with van der Waals surface area (Å²) in [5.41, 5.74) is 0. The van der Waals surface area contributed by atoms with Gasteiger partial charge in [0.25, 0.3) is 0 Å². The smallest absolute Gasteiger partial charge is 0.220 e. The number of rotatable bonds is 15. The van der Waals surface area contributed by atoms with Crippen LogP contribution in [-0.4, -0.2) is 188 Å². The molecular weight excluding hydrogens is 626 g/mol. The number of carbonyl (C=O) groups excluding carboxylic acids is 2. The minimum Gasteiger partial charge on any atom is -0.394 e. The normalized spacial score (nSPS) is 42.4. The van der Waals surface area contributed by atoms with Gasteiger partial charge >= 0.3 is 0 Å². The van der Waals surface area contributed by atoms with Gasteiger partial charge in [-0.1, -0.05) is 6.92 Å². The fourth-order valence-corrected chi connectivity index (χ4v) is 5.07. The van der Waals surface area contributed by atoms with Crippen molar-refractivity contribution in [2.75, 3.05) is 33.0 Å². The van der Waals surface area contributed by atoms with E-state index < -0.39 is 112 Å². The number of aliphatic hydroxyl groups excluding tert-OH is 10. The molecule has 11 N–H and O–H groups in total. The molecule has 3 heterocycles. The predicted octanol–water partition coefficient (Wildman–Crippen LogP) is -6.43. The summed E-state index contributed by atoms with van der Waals surface area (Å²) in [5, 5.41) is 105. The fourth-order valence-electron chi connectivity index (χ4n) is 5.07. The molecule has 3 aliphatic rings. The van der Waals surface area contributed by atoms with Crippen molar-refractivity contribution in [2.45, 2.75) is 119 Å². The summed E-state index contributed by atoms with van der Waals surface area (Å²) in [6, 6.07) is 0. The molecule has 0 aromatic heterocycles. The van der Waals surface area contributed by atoms with E-state index in [1.165, 1.54) is 6.92 Å². The van der Waals surface area contributed by atoms with E-state index in [9.17, 15) is 60.7 Å². The lowest BCUT2D eigenvalue weighted by Crippen LogP contribution is -2.65. The van der Waals surface area contributed by atoms with E-state index in [1.807, 2.05) is 0 Å². The lowest BCUT2D eigenvalue weighted by molar-refractivity contribution is -0.366. The van der Waals surface area contributed by atoms with E-state index in [0.717, 1.165) is 0 Å². The molecule has 0 bridgehead atoms. The first-order chi connectivity index (χ1) is 21.7. The highest BCUT2D eigenvalue weighted by Gasteiger charge is 2.52. The van der Waals surface area contributed by atoms with Gasteiger partial charge in [0.2, 0.25) is 5.91 Å². The Labute approximate surface area is 264 Å². The molecule has 3 rings (SSSR count). The van der Waals surface area contributed by atoms with Crippen molar-refractivity contribution in [3.05, 3.63) is 0 Å². The summed E-state index contributed by atoms with van der Waals surface area (Å²) in [6.45, 7) is 0.748. The zero-order chi connectivity index (χ0) is 34.3. The van der Waals surface area contributed by atoms with Crippen molar-refractivity contribution in [3.63, 3.8) is 0 Å². The summed E-state index contributed by atoms with van der Waals surface area (Å²) in [6.07, 6.45) is -24.5. The van der Waals surface area contributed by atoms with Crippen LogP contribution in [0, 0.1) is 5.92 Å². The van der Waals surface area contributed by atoms with Crippen LogP contribution in [0.1, 0.15) is 26.7 Å².